The van der Waals surface area contributed by atoms with Crippen molar-refractivity contribution >= 4 is 69.1 Å². The molecule has 2 aliphatic heterocycles. The molecule has 3 aromatic heterocycles. The maximum absolute atomic E-state index is 13.1. The monoisotopic (exact) mass is 561 g/mol. The van der Waals surface area contributed by atoms with Gasteiger partial charge in [0.25, 0.3) is 11.8 Å². The number of amides is 2. The molecule has 0 radical (unpaired) electrons. The highest BCUT2D eigenvalue weighted by Gasteiger charge is 2.54. The van der Waals surface area contributed by atoms with Crippen molar-refractivity contribution in [3.8, 4) is 0 Å². The third-order valence-corrected chi connectivity index (χ3v) is 8.42. The summed E-state index contributed by atoms with van der Waals surface area (Å²) in [7, 11) is 1.28. The summed E-state index contributed by atoms with van der Waals surface area (Å²) in [6, 6.07) is 2.87. The number of nitrogens with two attached hydrogens (primary N) is 1. The summed E-state index contributed by atoms with van der Waals surface area (Å²) in [4.78, 5) is 48.3. The van der Waals surface area contributed by atoms with Crippen molar-refractivity contribution in [2.24, 2.45) is 5.16 Å². The Morgan fingerprint density at radius 1 is 1.43 bits per heavy atom. The number of carboxylic acids is 1. The molecule has 4 N–H and O–H groups in total. The zero-order valence-corrected chi connectivity index (χ0v) is 22.0. The van der Waals surface area contributed by atoms with E-state index in [0.29, 0.717) is 11.3 Å². The number of β-lactam (4-membered cyclic amide) rings is 1. The Bertz CT molecular complexity index is 1480. The van der Waals surface area contributed by atoms with Gasteiger partial charge in [-0.1, -0.05) is 10.3 Å². The van der Waals surface area contributed by atoms with Crippen molar-refractivity contribution in [2.75, 3.05) is 24.9 Å². The average Bonchev–Trinajstić information content (AvgIpc) is 3.50. The van der Waals surface area contributed by atoms with E-state index in [-0.39, 0.29) is 28.8 Å². The molecule has 1 saturated heterocycles. The number of hydrogen-bond donors (Lipinski definition) is 3. The number of thiazole rings is 1. The fourth-order valence-electron chi connectivity index (χ4n) is 4.12. The molecular weight excluding hydrogens is 540 g/mol. The third kappa shape index (κ3) is 4.51. The number of hydrogen-bond acceptors (Lipinski definition) is 11. The van der Waals surface area contributed by atoms with Crippen molar-refractivity contribution in [3.63, 3.8) is 0 Å². The van der Waals surface area contributed by atoms with Crippen LogP contribution in [-0.4, -0.2) is 78.7 Å². The number of aliphatic carboxylic acids is 1. The van der Waals surface area contributed by atoms with Gasteiger partial charge in [-0.05, 0) is 12.3 Å². The van der Waals surface area contributed by atoms with Crippen LogP contribution in [0.4, 0.5) is 5.13 Å². The van der Waals surface area contributed by atoms with Crippen molar-refractivity contribution in [3.05, 3.63) is 46.9 Å². The van der Waals surface area contributed by atoms with Crippen molar-refractivity contribution in [1.29, 1.82) is 0 Å². The predicted molar refractivity (Wildman–Crippen MR) is 137 cm³/mol. The van der Waals surface area contributed by atoms with Gasteiger partial charge in [-0.2, -0.15) is 0 Å². The highest BCUT2D eigenvalue weighted by molar-refractivity contribution is 8.00. The molecule has 0 aliphatic carbocycles. The van der Waals surface area contributed by atoms with Crippen LogP contribution in [0.2, 0.25) is 0 Å². The van der Waals surface area contributed by atoms with E-state index in [1.165, 1.54) is 35.5 Å². The molecule has 2 aliphatic rings. The molecular formula is C21H21N8O5S3+. The lowest BCUT2D eigenvalue weighted by atomic mass is 10.0. The second-order valence-electron chi connectivity index (χ2n) is 7.92. The molecule has 2 amide bonds. The van der Waals surface area contributed by atoms with Gasteiger partial charge < -0.3 is 21.0 Å². The zero-order valence-electron chi connectivity index (χ0n) is 19.5. The molecule has 5 heterocycles. The number of thioether (sulfide) groups is 2. The number of nitrogens with one attached hydrogen (secondary N) is 1. The molecule has 5 rings (SSSR count). The molecule has 0 unspecified atom stereocenters. The van der Waals surface area contributed by atoms with Gasteiger partial charge in [-0.25, -0.2) is 14.3 Å². The first kappa shape index (κ1) is 25.0. The number of carbonyl (C=O) groups is 3. The summed E-state index contributed by atoms with van der Waals surface area (Å²) < 4.78 is 3.61. The molecule has 192 valence electrons. The first-order valence-electron chi connectivity index (χ1n) is 10.8. The minimum Gasteiger partial charge on any atom is -0.477 e. The molecule has 16 heteroatoms. The molecule has 37 heavy (non-hydrogen) atoms. The highest BCUT2D eigenvalue weighted by Crippen LogP contribution is 2.40. The number of anilines is 1. The van der Waals surface area contributed by atoms with E-state index in [9.17, 15) is 19.5 Å². The molecule has 0 bridgehead atoms. The van der Waals surface area contributed by atoms with Crippen LogP contribution in [0.3, 0.4) is 0 Å². The summed E-state index contributed by atoms with van der Waals surface area (Å²) in [6.07, 6.45) is 5.55. The second kappa shape index (κ2) is 10.0. The van der Waals surface area contributed by atoms with Crippen molar-refractivity contribution in [1.82, 2.24) is 24.9 Å². The number of oxime groups is 1. The number of carboxylic acid groups (broad SMARTS) is 1. The number of rotatable bonds is 8. The summed E-state index contributed by atoms with van der Waals surface area (Å²) in [6.45, 7) is 0.273. The molecule has 2 atom stereocenters. The van der Waals surface area contributed by atoms with E-state index in [1.54, 1.807) is 16.1 Å². The standard InChI is InChI=1S/C21H20N8O5S3/c1-34-26-14(11-9-37-21(22)23-11)17(30)24-15-18(31)29-16(20(32)33)10(8-36-19(15)29)7-27-5-6-28-13(27)4-3-12(25-28)35-2/h3-6,9,15,19H,7-8H2,1-2H3,(H3-,22,23,24,30,32,33)/p+1/b26-14-/t15-,19-/m1/s1. The second-order valence-corrected chi connectivity index (χ2v) is 10.7. The van der Waals surface area contributed by atoms with Gasteiger partial charge in [0.2, 0.25) is 0 Å². The van der Waals surface area contributed by atoms with Gasteiger partial charge in [0.1, 0.15) is 47.7 Å². The van der Waals surface area contributed by atoms with Crippen LogP contribution in [0.15, 0.2) is 51.4 Å². The molecule has 1 fully saturated rings. The van der Waals surface area contributed by atoms with E-state index >= 15 is 0 Å². The topological polar surface area (TPSA) is 169 Å². The van der Waals surface area contributed by atoms with Crippen LogP contribution in [0.25, 0.3) is 5.65 Å². The Hall–Kier alpha value is -3.63. The fourth-order valence-corrected chi connectivity index (χ4v) is 6.38. The lowest BCUT2D eigenvalue weighted by Crippen LogP contribution is -2.71. The Morgan fingerprint density at radius 2 is 2.24 bits per heavy atom. The summed E-state index contributed by atoms with van der Waals surface area (Å²) >= 11 is 4.03. The molecule has 0 aromatic carbocycles. The van der Waals surface area contributed by atoms with Crippen LogP contribution >= 0.6 is 34.9 Å². The van der Waals surface area contributed by atoms with Gasteiger partial charge in [0, 0.05) is 22.8 Å². The largest absolute Gasteiger partial charge is 0.477 e. The van der Waals surface area contributed by atoms with Gasteiger partial charge >= 0.3 is 11.6 Å². The van der Waals surface area contributed by atoms with Gasteiger partial charge in [-0.3, -0.25) is 14.5 Å². The predicted octanol–water partition coefficient (Wildman–Crippen LogP) is 0.172. The maximum atomic E-state index is 13.1. The van der Waals surface area contributed by atoms with Crippen LogP contribution in [-0.2, 0) is 25.8 Å². The van der Waals surface area contributed by atoms with Crippen LogP contribution in [0, 0.1) is 0 Å². The molecule has 3 aromatic rings. The number of aromatic nitrogens is 4. The quantitative estimate of drug-likeness (QED) is 0.113. The first-order chi connectivity index (χ1) is 17.8. The average molecular weight is 562 g/mol. The number of nitrogen functional groups attached to an aromatic ring is 1. The lowest BCUT2D eigenvalue weighted by Gasteiger charge is -2.49. The van der Waals surface area contributed by atoms with Crippen molar-refractivity contribution in [2.45, 2.75) is 23.0 Å². The smallest absolute Gasteiger partial charge is 0.352 e. The fraction of sp³-hybridized carbons (Fsp3) is 0.286. The minimum absolute atomic E-state index is 0.0714. The summed E-state index contributed by atoms with van der Waals surface area (Å²) in [5.74, 6) is -2.03. The number of nitrogens with zero attached hydrogens (tertiary/aromatic N) is 6. The van der Waals surface area contributed by atoms with Crippen LogP contribution in [0.5, 0.6) is 0 Å². The van der Waals surface area contributed by atoms with Gasteiger partial charge in [0.15, 0.2) is 17.0 Å². The van der Waals surface area contributed by atoms with E-state index in [4.69, 9.17) is 10.6 Å². The Morgan fingerprint density at radius 3 is 2.92 bits per heavy atom. The van der Waals surface area contributed by atoms with E-state index in [0.717, 1.165) is 22.0 Å². The SMILES string of the molecule is CO/N=C(\C(=O)N[C@@H]1C(=O)N2C(C(=O)O)=C(Cn3cc[n+]4nc(SC)ccc34)CS[C@H]12)c1csc(N)n1. The molecule has 0 saturated carbocycles. The number of imidazole rings is 1. The zero-order chi connectivity index (χ0) is 26.3. The Kier molecular flexibility index (Phi) is 6.78. The van der Waals surface area contributed by atoms with E-state index in [1.807, 2.05) is 29.2 Å². The van der Waals surface area contributed by atoms with Crippen LogP contribution in [0.1, 0.15) is 5.69 Å². The van der Waals surface area contributed by atoms with Crippen LogP contribution < -0.4 is 15.6 Å². The molecule has 0 spiro atoms. The highest BCUT2D eigenvalue weighted by atomic mass is 32.2. The van der Waals surface area contributed by atoms with E-state index < -0.39 is 29.2 Å². The number of carbonyl (C=O) groups excluding carboxylic acids is 2. The van der Waals surface area contributed by atoms with Crippen molar-refractivity contribution < 1.29 is 28.8 Å². The maximum Gasteiger partial charge on any atom is 0.352 e. The Balaban J connectivity index is 1.37. The summed E-state index contributed by atoms with van der Waals surface area (Å²) in [5, 5.41) is 22.9. The lowest BCUT2D eigenvalue weighted by molar-refractivity contribution is -0.584. The Labute approximate surface area is 222 Å². The third-order valence-electron chi connectivity index (χ3n) is 5.77. The van der Waals surface area contributed by atoms with Gasteiger partial charge in [0.05, 0.1) is 0 Å². The van der Waals surface area contributed by atoms with Gasteiger partial charge in [-0.15, -0.1) is 39.4 Å². The first-order valence-corrected chi connectivity index (χ1v) is 13.9. The summed E-state index contributed by atoms with van der Waals surface area (Å²) in [5.41, 5.74) is 7.04. The number of fused-ring (bicyclic) bond motifs is 2. The van der Waals surface area contributed by atoms with E-state index in [2.05, 4.69) is 20.6 Å². The normalized spacial score (nSPS) is 19.6. The molecule has 13 nitrogen and oxygen atoms in total. The minimum atomic E-state index is -1.20.